The molecule has 3 aliphatic heterocycles. The van der Waals surface area contributed by atoms with E-state index in [4.69, 9.17) is 0 Å². The van der Waals surface area contributed by atoms with Gasteiger partial charge in [-0.3, -0.25) is 9.80 Å². The number of halogens is 1. The van der Waals surface area contributed by atoms with Crippen molar-refractivity contribution in [3.8, 4) is 0 Å². The van der Waals surface area contributed by atoms with Crippen LogP contribution in [-0.2, 0) is 0 Å². The maximum Gasteiger partial charge on any atom is 0.146 e. The number of anilines is 1. The number of piperazine rings is 1. The van der Waals surface area contributed by atoms with Crippen molar-refractivity contribution in [1.29, 1.82) is 0 Å². The van der Waals surface area contributed by atoms with Gasteiger partial charge in [0.25, 0.3) is 0 Å². The van der Waals surface area contributed by atoms with Crippen molar-refractivity contribution in [3.63, 3.8) is 0 Å². The van der Waals surface area contributed by atoms with Crippen LogP contribution in [0.1, 0.15) is 6.42 Å². The van der Waals surface area contributed by atoms with Gasteiger partial charge in [0.15, 0.2) is 0 Å². The number of rotatable bonds is 3. The standard InChI is InChI=1S/C20H30FN3OS2/c21-17-3-1-2-4-18(17)22-7-9-23(10-8-22)19-5-6-24(13-20(19)25)16-14-26-11-12-27-15-16/h1-4,16,19-20,25H,5-15H2/t19-,20-/m1/s1. The minimum atomic E-state index is -0.281. The quantitative estimate of drug-likeness (QED) is 0.821. The Morgan fingerprint density at radius 3 is 2.30 bits per heavy atom. The Balaban J connectivity index is 1.30. The number of likely N-dealkylation sites (tertiary alicyclic amines) is 1. The van der Waals surface area contributed by atoms with Crippen LogP contribution in [0.2, 0.25) is 0 Å². The molecular formula is C20H30FN3OS2. The van der Waals surface area contributed by atoms with E-state index < -0.39 is 0 Å². The summed E-state index contributed by atoms with van der Waals surface area (Å²) in [5.41, 5.74) is 0.705. The smallest absolute Gasteiger partial charge is 0.146 e. The Morgan fingerprint density at radius 2 is 1.63 bits per heavy atom. The molecule has 0 unspecified atom stereocenters. The lowest BCUT2D eigenvalue weighted by atomic mass is 9.98. The fourth-order valence-electron chi connectivity index (χ4n) is 4.52. The highest BCUT2D eigenvalue weighted by molar-refractivity contribution is 8.03. The van der Waals surface area contributed by atoms with Gasteiger partial charge in [-0.2, -0.15) is 23.5 Å². The highest BCUT2D eigenvalue weighted by Crippen LogP contribution is 2.27. The first-order valence-electron chi connectivity index (χ1n) is 10.0. The largest absolute Gasteiger partial charge is 0.390 e. The van der Waals surface area contributed by atoms with Crippen LogP contribution in [-0.4, -0.2) is 95.4 Å². The molecule has 0 bridgehead atoms. The van der Waals surface area contributed by atoms with E-state index in [9.17, 15) is 9.50 Å². The molecule has 0 spiro atoms. The van der Waals surface area contributed by atoms with E-state index in [1.54, 1.807) is 6.07 Å². The third-order valence-electron chi connectivity index (χ3n) is 6.06. The van der Waals surface area contributed by atoms with E-state index >= 15 is 0 Å². The van der Waals surface area contributed by atoms with E-state index in [2.05, 4.69) is 38.2 Å². The van der Waals surface area contributed by atoms with Crippen LogP contribution in [0.25, 0.3) is 0 Å². The number of hydrogen-bond donors (Lipinski definition) is 1. The predicted octanol–water partition coefficient (Wildman–Crippen LogP) is 2.23. The summed E-state index contributed by atoms with van der Waals surface area (Å²) in [4.78, 5) is 7.07. The molecule has 3 saturated heterocycles. The number of benzene rings is 1. The molecule has 0 aromatic heterocycles. The van der Waals surface area contributed by atoms with Gasteiger partial charge in [-0.15, -0.1) is 0 Å². The maximum atomic E-state index is 14.0. The zero-order valence-electron chi connectivity index (χ0n) is 15.8. The summed E-state index contributed by atoms with van der Waals surface area (Å²) in [7, 11) is 0. The van der Waals surface area contributed by atoms with Gasteiger partial charge in [0.1, 0.15) is 5.82 Å². The first-order valence-corrected chi connectivity index (χ1v) is 12.3. The summed E-state index contributed by atoms with van der Waals surface area (Å²) in [6.45, 7) is 5.31. The minimum Gasteiger partial charge on any atom is -0.390 e. The second kappa shape index (κ2) is 9.35. The molecular weight excluding hydrogens is 381 g/mol. The maximum absolute atomic E-state index is 14.0. The number of thioether (sulfide) groups is 2. The molecule has 3 heterocycles. The molecule has 4 rings (SSSR count). The molecule has 3 fully saturated rings. The van der Waals surface area contributed by atoms with Crippen molar-refractivity contribution < 1.29 is 9.50 Å². The Hall–Kier alpha value is -0.470. The Morgan fingerprint density at radius 1 is 0.926 bits per heavy atom. The summed E-state index contributed by atoms with van der Waals surface area (Å²) in [5, 5.41) is 10.8. The van der Waals surface area contributed by atoms with E-state index in [-0.39, 0.29) is 18.0 Å². The summed E-state index contributed by atoms with van der Waals surface area (Å²) in [6, 6.07) is 7.89. The number of β-amino-alcohol motifs (C(OH)–C–C–N with tert-alkyl or cyclic N) is 1. The number of nitrogens with zero attached hydrogens (tertiary/aromatic N) is 3. The first kappa shape index (κ1) is 19.8. The van der Waals surface area contributed by atoms with Crippen LogP contribution in [0.5, 0.6) is 0 Å². The second-order valence-electron chi connectivity index (χ2n) is 7.70. The number of hydrogen-bond acceptors (Lipinski definition) is 6. The van der Waals surface area contributed by atoms with Gasteiger partial charge in [0.2, 0.25) is 0 Å². The van der Waals surface area contributed by atoms with Crippen LogP contribution in [0.3, 0.4) is 0 Å². The zero-order chi connectivity index (χ0) is 18.6. The van der Waals surface area contributed by atoms with Crippen molar-refractivity contribution in [1.82, 2.24) is 9.80 Å². The summed E-state index contributed by atoms with van der Waals surface area (Å²) >= 11 is 4.11. The van der Waals surface area contributed by atoms with Crippen LogP contribution in [0, 0.1) is 5.82 Å². The fourth-order valence-corrected chi connectivity index (χ4v) is 7.15. The number of para-hydroxylation sites is 1. The lowest BCUT2D eigenvalue weighted by Crippen LogP contribution is -2.60. The van der Waals surface area contributed by atoms with Crippen LogP contribution >= 0.6 is 23.5 Å². The van der Waals surface area contributed by atoms with Crippen LogP contribution in [0.4, 0.5) is 10.1 Å². The van der Waals surface area contributed by atoms with Gasteiger partial charge < -0.3 is 10.0 Å². The van der Waals surface area contributed by atoms with Crippen molar-refractivity contribution in [2.75, 3.05) is 67.2 Å². The molecule has 1 aromatic carbocycles. The second-order valence-corrected chi connectivity index (χ2v) is 10.00. The number of aliphatic hydroxyl groups excluding tert-OH is 1. The topological polar surface area (TPSA) is 30.0 Å². The molecule has 0 amide bonds. The van der Waals surface area contributed by atoms with Crippen molar-refractivity contribution >= 4 is 29.2 Å². The monoisotopic (exact) mass is 411 g/mol. The van der Waals surface area contributed by atoms with Gasteiger partial charge >= 0.3 is 0 Å². The minimum absolute atomic E-state index is 0.140. The average molecular weight is 412 g/mol. The van der Waals surface area contributed by atoms with Gasteiger partial charge in [-0.25, -0.2) is 4.39 Å². The molecule has 3 aliphatic rings. The molecule has 0 radical (unpaired) electrons. The van der Waals surface area contributed by atoms with E-state index in [0.717, 1.165) is 45.7 Å². The van der Waals surface area contributed by atoms with Crippen molar-refractivity contribution in [2.24, 2.45) is 0 Å². The molecule has 0 aliphatic carbocycles. The zero-order valence-corrected chi connectivity index (χ0v) is 17.4. The third-order valence-corrected chi connectivity index (χ3v) is 8.55. The Bertz CT molecular complexity index is 607. The SMILES string of the molecule is O[C@@H]1CN(C2CSCCSC2)CC[C@H]1N1CCN(c2ccccc2F)CC1. The van der Waals surface area contributed by atoms with Gasteiger partial charge in [0.05, 0.1) is 11.8 Å². The Labute approximate surface area is 170 Å². The Kier molecular flexibility index (Phi) is 6.87. The highest BCUT2D eigenvalue weighted by atomic mass is 32.2. The molecule has 1 aromatic rings. The first-order chi connectivity index (χ1) is 13.2. The fraction of sp³-hybridized carbons (Fsp3) is 0.700. The van der Waals surface area contributed by atoms with Gasteiger partial charge in [-0.05, 0) is 18.6 Å². The summed E-state index contributed by atoms with van der Waals surface area (Å²) in [5.74, 6) is 4.77. The van der Waals surface area contributed by atoms with Crippen LogP contribution in [0.15, 0.2) is 24.3 Å². The van der Waals surface area contributed by atoms with Crippen molar-refractivity contribution in [2.45, 2.75) is 24.6 Å². The molecule has 1 N–H and O–H groups in total. The molecule has 27 heavy (non-hydrogen) atoms. The number of aliphatic hydroxyl groups is 1. The molecule has 150 valence electrons. The highest BCUT2D eigenvalue weighted by Gasteiger charge is 2.36. The lowest BCUT2D eigenvalue weighted by molar-refractivity contribution is -0.0222. The van der Waals surface area contributed by atoms with Gasteiger partial charge in [-0.1, -0.05) is 12.1 Å². The summed E-state index contributed by atoms with van der Waals surface area (Å²) < 4.78 is 14.0. The molecule has 0 saturated carbocycles. The van der Waals surface area contributed by atoms with Crippen LogP contribution < -0.4 is 4.90 Å². The molecule has 7 heteroatoms. The normalized spacial score (nSPS) is 29.6. The van der Waals surface area contributed by atoms with Gasteiger partial charge in [0, 0.05) is 74.4 Å². The van der Waals surface area contributed by atoms with Crippen molar-refractivity contribution in [3.05, 3.63) is 30.1 Å². The molecule has 4 nitrogen and oxygen atoms in total. The van der Waals surface area contributed by atoms with E-state index in [0.29, 0.717) is 11.7 Å². The average Bonchev–Trinajstić information content (AvgIpc) is 2.98. The number of piperidine rings is 1. The lowest BCUT2D eigenvalue weighted by Gasteiger charge is -2.46. The molecule has 2 atom stereocenters. The van der Waals surface area contributed by atoms with E-state index in [1.807, 2.05) is 12.1 Å². The van der Waals surface area contributed by atoms with E-state index in [1.165, 1.54) is 29.1 Å². The summed E-state index contributed by atoms with van der Waals surface area (Å²) in [6.07, 6.45) is 0.754. The predicted molar refractivity (Wildman–Crippen MR) is 115 cm³/mol. The third kappa shape index (κ3) is 4.75.